The highest BCUT2D eigenvalue weighted by Gasteiger charge is 2.15. The minimum atomic E-state index is 1.10. The van der Waals surface area contributed by atoms with Gasteiger partial charge in [0.1, 0.15) is 5.82 Å². The molecule has 0 aliphatic carbocycles. The number of halogens is 1. The zero-order valence-electron chi connectivity index (χ0n) is 8.28. The molecule has 1 aromatic heterocycles. The standard InChI is InChI=1S/C12H11IN2/c13-10-4-2-9-3-5-12(14-11(9)8-10)15-6-1-7-15/h2-5,8H,1,6-7H2. The van der Waals surface area contributed by atoms with E-state index in [0.717, 1.165) is 24.4 Å². The molecular formula is C12H11IN2. The number of rotatable bonds is 1. The van der Waals surface area contributed by atoms with Crippen molar-refractivity contribution < 1.29 is 0 Å². The van der Waals surface area contributed by atoms with Gasteiger partial charge in [-0.05, 0) is 53.3 Å². The molecule has 1 fully saturated rings. The van der Waals surface area contributed by atoms with Crippen LogP contribution in [-0.2, 0) is 0 Å². The van der Waals surface area contributed by atoms with E-state index in [-0.39, 0.29) is 0 Å². The normalized spacial score (nSPS) is 15.4. The van der Waals surface area contributed by atoms with Gasteiger partial charge in [-0.25, -0.2) is 4.98 Å². The summed E-state index contributed by atoms with van der Waals surface area (Å²) >= 11 is 2.33. The average molecular weight is 310 g/mol. The van der Waals surface area contributed by atoms with Crippen molar-refractivity contribution in [3.05, 3.63) is 33.9 Å². The summed E-state index contributed by atoms with van der Waals surface area (Å²) in [5.74, 6) is 1.12. The molecule has 0 saturated carbocycles. The number of fused-ring (bicyclic) bond motifs is 1. The first-order valence-corrected chi connectivity index (χ1v) is 6.22. The monoisotopic (exact) mass is 310 g/mol. The van der Waals surface area contributed by atoms with E-state index < -0.39 is 0 Å². The van der Waals surface area contributed by atoms with Gasteiger partial charge in [-0.1, -0.05) is 6.07 Å². The van der Waals surface area contributed by atoms with Crippen molar-refractivity contribution in [1.29, 1.82) is 0 Å². The van der Waals surface area contributed by atoms with Crippen molar-refractivity contribution in [2.24, 2.45) is 0 Å². The molecule has 0 amide bonds. The number of hydrogen-bond acceptors (Lipinski definition) is 2. The Morgan fingerprint density at radius 3 is 2.67 bits per heavy atom. The van der Waals surface area contributed by atoms with Gasteiger partial charge in [0.2, 0.25) is 0 Å². The lowest BCUT2D eigenvalue weighted by atomic mass is 10.2. The largest absolute Gasteiger partial charge is 0.356 e. The second-order valence-corrected chi connectivity index (χ2v) is 5.09. The quantitative estimate of drug-likeness (QED) is 0.753. The maximum Gasteiger partial charge on any atom is 0.129 e. The number of anilines is 1. The number of nitrogens with zero attached hydrogens (tertiary/aromatic N) is 2. The van der Waals surface area contributed by atoms with Crippen LogP contribution in [0.15, 0.2) is 30.3 Å². The van der Waals surface area contributed by atoms with Crippen LogP contribution in [-0.4, -0.2) is 18.1 Å². The first-order chi connectivity index (χ1) is 7.33. The molecule has 15 heavy (non-hydrogen) atoms. The molecule has 0 unspecified atom stereocenters. The van der Waals surface area contributed by atoms with Crippen LogP contribution in [0.5, 0.6) is 0 Å². The van der Waals surface area contributed by atoms with Crippen LogP contribution in [0.2, 0.25) is 0 Å². The minimum Gasteiger partial charge on any atom is -0.356 e. The lowest BCUT2D eigenvalue weighted by Crippen LogP contribution is -2.37. The summed E-state index contributed by atoms with van der Waals surface area (Å²) in [6, 6.07) is 10.7. The third-order valence-corrected chi connectivity index (χ3v) is 3.49. The van der Waals surface area contributed by atoms with E-state index in [1.54, 1.807) is 0 Å². The highest BCUT2D eigenvalue weighted by atomic mass is 127. The molecule has 0 spiro atoms. The SMILES string of the molecule is Ic1ccc2ccc(N3CCC3)nc2c1. The predicted molar refractivity (Wildman–Crippen MR) is 71.3 cm³/mol. The maximum absolute atomic E-state index is 4.68. The Hall–Kier alpha value is -0.840. The van der Waals surface area contributed by atoms with Crippen LogP contribution in [0.25, 0.3) is 10.9 Å². The van der Waals surface area contributed by atoms with E-state index in [0.29, 0.717) is 0 Å². The van der Waals surface area contributed by atoms with Crippen molar-refractivity contribution in [1.82, 2.24) is 4.98 Å². The lowest BCUT2D eigenvalue weighted by molar-refractivity contribution is 0.611. The van der Waals surface area contributed by atoms with Crippen molar-refractivity contribution in [3.8, 4) is 0 Å². The molecule has 1 saturated heterocycles. The van der Waals surface area contributed by atoms with E-state index >= 15 is 0 Å². The Kier molecular flexibility index (Phi) is 2.27. The van der Waals surface area contributed by atoms with E-state index in [4.69, 9.17) is 0 Å². The average Bonchev–Trinajstić information content (AvgIpc) is 2.14. The molecule has 0 atom stereocenters. The van der Waals surface area contributed by atoms with Crippen LogP contribution in [0, 0.1) is 3.57 Å². The number of benzene rings is 1. The fraction of sp³-hybridized carbons (Fsp3) is 0.250. The van der Waals surface area contributed by atoms with Crippen LogP contribution in [0.4, 0.5) is 5.82 Å². The molecule has 2 heterocycles. The van der Waals surface area contributed by atoms with Crippen molar-refractivity contribution in [3.63, 3.8) is 0 Å². The van der Waals surface area contributed by atoms with Crippen molar-refractivity contribution >= 4 is 39.3 Å². The van der Waals surface area contributed by atoms with Gasteiger partial charge in [0.05, 0.1) is 5.52 Å². The third kappa shape index (κ3) is 1.69. The summed E-state index contributed by atoms with van der Waals surface area (Å²) in [5.41, 5.74) is 1.10. The smallest absolute Gasteiger partial charge is 0.129 e. The number of hydrogen-bond donors (Lipinski definition) is 0. The maximum atomic E-state index is 4.68. The van der Waals surface area contributed by atoms with Crippen LogP contribution in [0.3, 0.4) is 0 Å². The minimum absolute atomic E-state index is 1.10. The summed E-state index contributed by atoms with van der Waals surface area (Å²) in [6.07, 6.45) is 1.30. The Balaban J connectivity index is 2.11. The third-order valence-electron chi connectivity index (χ3n) is 2.82. The second kappa shape index (κ2) is 3.63. The highest BCUT2D eigenvalue weighted by Crippen LogP contribution is 2.22. The molecule has 2 nitrogen and oxygen atoms in total. The molecular weight excluding hydrogens is 299 g/mol. The lowest BCUT2D eigenvalue weighted by Gasteiger charge is -2.32. The Labute approximate surface area is 102 Å². The van der Waals surface area contributed by atoms with Gasteiger partial charge in [-0.15, -0.1) is 0 Å². The number of pyridine rings is 1. The summed E-state index contributed by atoms with van der Waals surface area (Å²) < 4.78 is 1.24. The van der Waals surface area contributed by atoms with Gasteiger partial charge in [0, 0.05) is 22.0 Å². The van der Waals surface area contributed by atoms with E-state index in [1.807, 2.05) is 0 Å². The molecule has 0 N–H and O–H groups in total. The van der Waals surface area contributed by atoms with Gasteiger partial charge in [0.25, 0.3) is 0 Å². The number of aromatic nitrogens is 1. The Bertz CT molecular complexity index is 506. The van der Waals surface area contributed by atoms with Crippen LogP contribution < -0.4 is 4.90 Å². The molecule has 0 bridgehead atoms. The summed E-state index contributed by atoms with van der Waals surface area (Å²) in [5, 5.41) is 1.22. The van der Waals surface area contributed by atoms with Crippen LogP contribution >= 0.6 is 22.6 Å². The fourth-order valence-electron chi connectivity index (χ4n) is 1.80. The molecule has 1 aliphatic heterocycles. The summed E-state index contributed by atoms with van der Waals surface area (Å²) in [4.78, 5) is 7.00. The topological polar surface area (TPSA) is 16.1 Å². The van der Waals surface area contributed by atoms with Gasteiger partial charge in [-0.3, -0.25) is 0 Å². The van der Waals surface area contributed by atoms with Gasteiger partial charge < -0.3 is 4.90 Å². The molecule has 1 aromatic carbocycles. The van der Waals surface area contributed by atoms with Crippen molar-refractivity contribution in [2.75, 3.05) is 18.0 Å². The van der Waals surface area contributed by atoms with E-state index in [9.17, 15) is 0 Å². The predicted octanol–water partition coefficient (Wildman–Crippen LogP) is 3.05. The van der Waals surface area contributed by atoms with Crippen LogP contribution in [0.1, 0.15) is 6.42 Å². The first kappa shape index (κ1) is 9.39. The zero-order valence-corrected chi connectivity index (χ0v) is 10.4. The first-order valence-electron chi connectivity index (χ1n) is 5.14. The highest BCUT2D eigenvalue weighted by molar-refractivity contribution is 14.1. The molecule has 3 rings (SSSR count). The fourth-order valence-corrected chi connectivity index (χ4v) is 2.28. The second-order valence-electron chi connectivity index (χ2n) is 3.85. The van der Waals surface area contributed by atoms with Gasteiger partial charge in [0.15, 0.2) is 0 Å². The molecule has 1 aliphatic rings. The van der Waals surface area contributed by atoms with E-state index in [2.05, 4.69) is 62.8 Å². The Morgan fingerprint density at radius 2 is 1.93 bits per heavy atom. The van der Waals surface area contributed by atoms with E-state index in [1.165, 1.54) is 15.4 Å². The van der Waals surface area contributed by atoms with Crippen molar-refractivity contribution in [2.45, 2.75) is 6.42 Å². The Morgan fingerprint density at radius 1 is 1.13 bits per heavy atom. The van der Waals surface area contributed by atoms with Gasteiger partial charge >= 0.3 is 0 Å². The molecule has 3 heteroatoms. The molecule has 76 valence electrons. The van der Waals surface area contributed by atoms with Gasteiger partial charge in [-0.2, -0.15) is 0 Å². The zero-order chi connectivity index (χ0) is 10.3. The summed E-state index contributed by atoms with van der Waals surface area (Å²) in [7, 11) is 0. The summed E-state index contributed by atoms with van der Waals surface area (Å²) in [6.45, 7) is 2.31. The molecule has 0 radical (unpaired) electrons. The molecule has 2 aromatic rings.